The van der Waals surface area contributed by atoms with Gasteiger partial charge in [-0.25, -0.2) is 0 Å². The summed E-state index contributed by atoms with van der Waals surface area (Å²) < 4.78 is 5.25. The Labute approximate surface area is 95.6 Å². The van der Waals surface area contributed by atoms with Crippen LogP contribution in [0.4, 0.5) is 0 Å². The molecule has 0 saturated carbocycles. The Kier molecular flexibility index (Phi) is 8.46. The molecule has 0 aliphatic heterocycles. The van der Waals surface area contributed by atoms with Crippen LogP contribution in [0.2, 0.25) is 0 Å². The molecule has 0 radical (unpaired) electrons. The Bertz CT molecular complexity index is 219. The lowest BCUT2D eigenvalue weighted by molar-refractivity contribution is -0.138. The first-order valence-corrected chi connectivity index (χ1v) is 5.23. The zero-order valence-corrected chi connectivity index (χ0v) is 9.86. The van der Waals surface area contributed by atoms with Crippen molar-refractivity contribution < 1.29 is 19.4 Å². The second kappa shape index (κ2) is 9.11. The van der Waals surface area contributed by atoms with Crippen LogP contribution in [0.3, 0.4) is 0 Å². The Balaban J connectivity index is 3.24. The second-order valence-corrected chi connectivity index (χ2v) is 3.66. The number of rotatable bonds is 9. The van der Waals surface area contributed by atoms with Crippen LogP contribution >= 0.6 is 0 Å². The molecule has 0 aliphatic rings. The average Bonchev–Trinajstić information content (AvgIpc) is 2.19. The van der Waals surface area contributed by atoms with Gasteiger partial charge < -0.3 is 20.1 Å². The van der Waals surface area contributed by atoms with Gasteiger partial charge in [0, 0.05) is 19.5 Å². The SMILES string of the molecule is CN(C)CCOCCNC(=O)CCC(=O)O. The Morgan fingerprint density at radius 2 is 1.94 bits per heavy atom. The van der Waals surface area contributed by atoms with Gasteiger partial charge in [0.1, 0.15) is 0 Å². The molecule has 0 aromatic carbocycles. The predicted octanol–water partition coefficient (Wildman–Crippen LogP) is -0.454. The summed E-state index contributed by atoms with van der Waals surface area (Å²) in [7, 11) is 3.91. The molecule has 0 fully saturated rings. The molecular weight excluding hydrogens is 212 g/mol. The van der Waals surface area contributed by atoms with Crippen molar-refractivity contribution >= 4 is 11.9 Å². The van der Waals surface area contributed by atoms with Crippen LogP contribution in [0.15, 0.2) is 0 Å². The van der Waals surface area contributed by atoms with E-state index < -0.39 is 5.97 Å². The summed E-state index contributed by atoms with van der Waals surface area (Å²) in [5, 5.41) is 10.9. The number of nitrogens with one attached hydrogen (secondary N) is 1. The van der Waals surface area contributed by atoms with Gasteiger partial charge in [0.25, 0.3) is 0 Å². The molecule has 16 heavy (non-hydrogen) atoms. The van der Waals surface area contributed by atoms with E-state index in [1.165, 1.54) is 0 Å². The van der Waals surface area contributed by atoms with E-state index in [2.05, 4.69) is 5.32 Å². The van der Waals surface area contributed by atoms with Crippen LogP contribution in [0, 0.1) is 0 Å². The zero-order chi connectivity index (χ0) is 12.4. The minimum absolute atomic E-state index is 0.0209. The molecule has 2 N–H and O–H groups in total. The third-order valence-electron chi connectivity index (χ3n) is 1.82. The summed E-state index contributed by atoms with van der Waals surface area (Å²) in [5.41, 5.74) is 0. The predicted molar refractivity (Wildman–Crippen MR) is 59.3 cm³/mol. The first-order chi connectivity index (χ1) is 7.52. The molecule has 0 atom stereocenters. The average molecular weight is 232 g/mol. The topological polar surface area (TPSA) is 78.9 Å². The van der Waals surface area contributed by atoms with Gasteiger partial charge in [-0.3, -0.25) is 9.59 Å². The standard InChI is InChI=1S/C10H20N2O4/c1-12(2)6-8-16-7-5-11-9(13)3-4-10(14)15/h3-8H2,1-2H3,(H,11,13)(H,14,15). The van der Waals surface area contributed by atoms with Crippen molar-refractivity contribution in [2.75, 3.05) is 40.4 Å². The molecule has 0 aromatic heterocycles. The molecule has 0 aromatic rings. The highest BCUT2D eigenvalue weighted by molar-refractivity contribution is 5.80. The minimum Gasteiger partial charge on any atom is -0.481 e. The van der Waals surface area contributed by atoms with Gasteiger partial charge in [0.15, 0.2) is 0 Å². The number of aliphatic carboxylic acids is 1. The lowest BCUT2D eigenvalue weighted by Crippen LogP contribution is -2.28. The monoisotopic (exact) mass is 232 g/mol. The number of amides is 1. The molecule has 1 amide bonds. The van der Waals surface area contributed by atoms with E-state index in [0.29, 0.717) is 19.8 Å². The smallest absolute Gasteiger partial charge is 0.303 e. The van der Waals surface area contributed by atoms with Crippen molar-refractivity contribution in [3.05, 3.63) is 0 Å². The number of ether oxygens (including phenoxy) is 1. The maximum atomic E-state index is 11.1. The van der Waals surface area contributed by atoms with Gasteiger partial charge in [-0.15, -0.1) is 0 Å². The molecule has 0 bridgehead atoms. The van der Waals surface area contributed by atoms with Crippen LogP contribution < -0.4 is 5.32 Å². The first kappa shape index (κ1) is 14.9. The molecule has 6 nitrogen and oxygen atoms in total. The van der Waals surface area contributed by atoms with E-state index >= 15 is 0 Å². The molecule has 6 heteroatoms. The highest BCUT2D eigenvalue weighted by atomic mass is 16.5. The maximum Gasteiger partial charge on any atom is 0.303 e. The van der Waals surface area contributed by atoms with Gasteiger partial charge in [0.2, 0.25) is 5.91 Å². The molecular formula is C10H20N2O4. The van der Waals surface area contributed by atoms with E-state index in [4.69, 9.17) is 9.84 Å². The number of carbonyl (C=O) groups excluding carboxylic acids is 1. The van der Waals surface area contributed by atoms with Crippen molar-refractivity contribution in [1.29, 1.82) is 0 Å². The van der Waals surface area contributed by atoms with E-state index in [1.807, 2.05) is 19.0 Å². The zero-order valence-electron chi connectivity index (χ0n) is 9.86. The van der Waals surface area contributed by atoms with Crippen LogP contribution in [0.5, 0.6) is 0 Å². The minimum atomic E-state index is -0.961. The fourth-order valence-electron chi connectivity index (χ4n) is 0.921. The van der Waals surface area contributed by atoms with Crippen LogP contribution in [0.1, 0.15) is 12.8 Å². The largest absolute Gasteiger partial charge is 0.481 e. The van der Waals surface area contributed by atoms with Crippen molar-refractivity contribution in [3.63, 3.8) is 0 Å². The normalized spacial score (nSPS) is 10.4. The number of carbonyl (C=O) groups is 2. The molecule has 0 rings (SSSR count). The third kappa shape index (κ3) is 10.9. The number of carboxylic acids is 1. The van der Waals surface area contributed by atoms with E-state index in [1.54, 1.807) is 0 Å². The second-order valence-electron chi connectivity index (χ2n) is 3.66. The summed E-state index contributed by atoms with van der Waals surface area (Å²) in [6, 6.07) is 0. The van der Waals surface area contributed by atoms with E-state index in [0.717, 1.165) is 6.54 Å². The van der Waals surface area contributed by atoms with Gasteiger partial charge in [0.05, 0.1) is 19.6 Å². The lowest BCUT2D eigenvalue weighted by atomic mass is 10.3. The van der Waals surface area contributed by atoms with Gasteiger partial charge in [-0.1, -0.05) is 0 Å². The lowest BCUT2D eigenvalue weighted by Gasteiger charge is -2.10. The van der Waals surface area contributed by atoms with Crippen LogP contribution in [-0.2, 0) is 14.3 Å². The number of carboxylic acid groups (broad SMARTS) is 1. The van der Waals surface area contributed by atoms with E-state index in [9.17, 15) is 9.59 Å². The number of nitrogens with zero attached hydrogens (tertiary/aromatic N) is 1. The number of hydrogen-bond donors (Lipinski definition) is 2. The van der Waals surface area contributed by atoms with Gasteiger partial charge >= 0.3 is 5.97 Å². The Morgan fingerprint density at radius 1 is 1.25 bits per heavy atom. The quantitative estimate of drug-likeness (QED) is 0.526. The molecule has 0 heterocycles. The van der Waals surface area contributed by atoms with Crippen LogP contribution in [0.25, 0.3) is 0 Å². The highest BCUT2D eigenvalue weighted by Crippen LogP contribution is 1.88. The maximum absolute atomic E-state index is 11.1. The Hall–Kier alpha value is -1.14. The molecule has 0 saturated heterocycles. The van der Waals surface area contributed by atoms with Crippen LogP contribution in [-0.4, -0.2) is 62.3 Å². The fourth-order valence-corrected chi connectivity index (χ4v) is 0.921. The first-order valence-electron chi connectivity index (χ1n) is 5.23. The Morgan fingerprint density at radius 3 is 2.50 bits per heavy atom. The summed E-state index contributed by atoms with van der Waals surface area (Å²) in [6.45, 7) is 2.34. The fraction of sp³-hybridized carbons (Fsp3) is 0.800. The van der Waals surface area contributed by atoms with Crippen molar-refractivity contribution in [1.82, 2.24) is 10.2 Å². The van der Waals surface area contributed by atoms with Crippen molar-refractivity contribution in [2.45, 2.75) is 12.8 Å². The summed E-state index contributed by atoms with van der Waals surface area (Å²) >= 11 is 0. The van der Waals surface area contributed by atoms with Crippen molar-refractivity contribution in [3.8, 4) is 0 Å². The number of hydrogen-bond acceptors (Lipinski definition) is 4. The highest BCUT2D eigenvalue weighted by Gasteiger charge is 2.03. The molecule has 0 unspecified atom stereocenters. The van der Waals surface area contributed by atoms with E-state index in [-0.39, 0.29) is 18.7 Å². The molecule has 0 spiro atoms. The van der Waals surface area contributed by atoms with Gasteiger partial charge in [-0.2, -0.15) is 0 Å². The summed E-state index contributed by atoms with van der Waals surface area (Å²) in [4.78, 5) is 23.2. The molecule has 0 aliphatic carbocycles. The number of likely N-dealkylation sites (N-methyl/N-ethyl adjacent to an activating group) is 1. The third-order valence-corrected chi connectivity index (χ3v) is 1.82. The molecule has 94 valence electrons. The van der Waals surface area contributed by atoms with Gasteiger partial charge in [-0.05, 0) is 14.1 Å². The summed E-state index contributed by atoms with van der Waals surface area (Å²) in [6.07, 6.45) is -0.111. The van der Waals surface area contributed by atoms with Crippen molar-refractivity contribution in [2.24, 2.45) is 0 Å². The summed E-state index contributed by atoms with van der Waals surface area (Å²) in [5.74, 6) is -1.21.